The van der Waals surface area contributed by atoms with Gasteiger partial charge in [-0.25, -0.2) is 4.98 Å². The van der Waals surface area contributed by atoms with Crippen LogP contribution in [-0.2, 0) is 5.41 Å². The Morgan fingerprint density at radius 2 is 1.61 bits per heavy atom. The highest BCUT2D eigenvalue weighted by atomic mass is 32.1. The lowest BCUT2D eigenvalue weighted by Crippen LogP contribution is -2.16. The van der Waals surface area contributed by atoms with Gasteiger partial charge in [0.1, 0.15) is 0 Å². The Balaban J connectivity index is 1.57. The Morgan fingerprint density at radius 3 is 2.45 bits per heavy atom. The van der Waals surface area contributed by atoms with E-state index in [2.05, 4.69) is 100 Å². The molecule has 31 heavy (non-hydrogen) atoms. The summed E-state index contributed by atoms with van der Waals surface area (Å²) in [4.78, 5) is 6.52. The molecule has 0 saturated carbocycles. The van der Waals surface area contributed by atoms with Gasteiger partial charge in [-0.15, -0.1) is 11.3 Å². The molecule has 2 heterocycles. The molecule has 0 amide bonds. The first kappa shape index (κ1) is 18.8. The highest BCUT2D eigenvalue weighted by Crippen LogP contribution is 2.57. The molecule has 0 saturated heterocycles. The van der Waals surface area contributed by atoms with E-state index in [1.54, 1.807) is 0 Å². The number of aromatic nitrogens is 1. The summed E-state index contributed by atoms with van der Waals surface area (Å²) in [6, 6.07) is 26.6. The SMILES string of the molecule is CC(C)c1ccc2nc(-c3cccc4c3C(C)(C)c3c-4sc4ccccc34)ccc2c1. The molecule has 2 heteroatoms. The lowest BCUT2D eigenvalue weighted by molar-refractivity contribution is 0.668. The fraction of sp³-hybridized carbons (Fsp3) is 0.207. The first-order chi connectivity index (χ1) is 14.9. The molecule has 0 radical (unpaired) electrons. The molecule has 6 rings (SSSR count). The van der Waals surface area contributed by atoms with Crippen LogP contribution in [0.2, 0.25) is 0 Å². The third kappa shape index (κ3) is 2.64. The smallest absolute Gasteiger partial charge is 0.0713 e. The Hall–Kier alpha value is -2.97. The van der Waals surface area contributed by atoms with Crippen molar-refractivity contribution in [3.8, 4) is 21.7 Å². The summed E-state index contributed by atoms with van der Waals surface area (Å²) in [7, 11) is 0. The van der Waals surface area contributed by atoms with E-state index in [0.29, 0.717) is 5.92 Å². The van der Waals surface area contributed by atoms with Crippen molar-refractivity contribution < 1.29 is 0 Å². The maximum absolute atomic E-state index is 5.10. The molecule has 5 aromatic rings. The number of rotatable bonds is 2. The van der Waals surface area contributed by atoms with Gasteiger partial charge in [-0.3, -0.25) is 0 Å². The molecular weight excluding hydrogens is 394 g/mol. The second-order valence-electron chi connectivity index (χ2n) is 9.46. The zero-order valence-electron chi connectivity index (χ0n) is 18.4. The van der Waals surface area contributed by atoms with Crippen LogP contribution in [0.5, 0.6) is 0 Å². The summed E-state index contributed by atoms with van der Waals surface area (Å²) in [6.07, 6.45) is 0. The quantitative estimate of drug-likeness (QED) is 0.279. The van der Waals surface area contributed by atoms with Crippen molar-refractivity contribution >= 4 is 32.3 Å². The van der Waals surface area contributed by atoms with Gasteiger partial charge < -0.3 is 0 Å². The second kappa shape index (κ2) is 6.51. The molecular formula is C29H25NS. The van der Waals surface area contributed by atoms with E-state index in [1.807, 2.05) is 11.3 Å². The van der Waals surface area contributed by atoms with Crippen LogP contribution < -0.4 is 0 Å². The zero-order chi connectivity index (χ0) is 21.3. The summed E-state index contributed by atoms with van der Waals surface area (Å²) in [5, 5.41) is 2.61. The van der Waals surface area contributed by atoms with Crippen LogP contribution in [0.15, 0.2) is 72.8 Å². The number of benzene rings is 3. The number of nitrogens with zero attached hydrogens (tertiary/aromatic N) is 1. The van der Waals surface area contributed by atoms with Crippen LogP contribution in [0.1, 0.15) is 50.3 Å². The van der Waals surface area contributed by atoms with Crippen molar-refractivity contribution in [2.24, 2.45) is 0 Å². The molecule has 1 nitrogen and oxygen atoms in total. The molecule has 0 aliphatic heterocycles. The predicted octanol–water partition coefficient (Wildman–Crippen LogP) is 8.55. The lowest BCUT2D eigenvalue weighted by Gasteiger charge is -2.24. The molecule has 0 bridgehead atoms. The molecule has 152 valence electrons. The van der Waals surface area contributed by atoms with E-state index in [1.165, 1.54) is 48.2 Å². The van der Waals surface area contributed by atoms with Gasteiger partial charge in [0.2, 0.25) is 0 Å². The van der Waals surface area contributed by atoms with Crippen LogP contribution >= 0.6 is 11.3 Å². The molecule has 0 unspecified atom stereocenters. The zero-order valence-corrected chi connectivity index (χ0v) is 19.2. The van der Waals surface area contributed by atoms with E-state index in [4.69, 9.17) is 4.98 Å². The van der Waals surface area contributed by atoms with Crippen LogP contribution in [0.3, 0.4) is 0 Å². The van der Waals surface area contributed by atoms with E-state index in [9.17, 15) is 0 Å². The van der Waals surface area contributed by atoms with Gasteiger partial charge >= 0.3 is 0 Å². The van der Waals surface area contributed by atoms with Gasteiger partial charge in [0.05, 0.1) is 11.2 Å². The van der Waals surface area contributed by atoms with Crippen molar-refractivity contribution in [2.45, 2.75) is 39.0 Å². The Kier molecular flexibility index (Phi) is 3.94. The van der Waals surface area contributed by atoms with Crippen LogP contribution in [0.25, 0.3) is 42.7 Å². The van der Waals surface area contributed by atoms with Crippen LogP contribution in [-0.4, -0.2) is 4.98 Å². The number of hydrogen-bond acceptors (Lipinski definition) is 2. The third-order valence-electron chi connectivity index (χ3n) is 6.81. The van der Waals surface area contributed by atoms with E-state index in [-0.39, 0.29) is 5.41 Å². The fourth-order valence-corrected chi connectivity index (χ4v) is 6.66. The lowest BCUT2D eigenvalue weighted by atomic mass is 9.78. The summed E-state index contributed by atoms with van der Waals surface area (Å²) < 4.78 is 1.38. The van der Waals surface area contributed by atoms with Crippen molar-refractivity contribution in [3.63, 3.8) is 0 Å². The van der Waals surface area contributed by atoms with E-state index < -0.39 is 0 Å². The van der Waals surface area contributed by atoms with Gasteiger partial charge in [-0.2, -0.15) is 0 Å². The highest BCUT2D eigenvalue weighted by Gasteiger charge is 2.40. The predicted molar refractivity (Wildman–Crippen MR) is 134 cm³/mol. The largest absolute Gasteiger partial charge is 0.248 e. The topological polar surface area (TPSA) is 12.9 Å². The van der Waals surface area contributed by atoms with E-state index in [0.717, 1.165) is 11.2 Å². The maximum Gasteiger partial charge on any atom is 0.0713 e. The molecule has 0 fully saturated rings. The van der Waals surface area contributed by atoms with Crippen LogP contribution in [0, 0.1) is 0 Å². The van der Waals surface area contributed by atoms with Gasteiger partial charge in [-0.1, -0.05) is 76.2 Å². The Morgan fingerprint density at radius 1 is 0.806 bits per heavy atom. The molecule has 2 aromatic heterocycles. The van der Waals surface area contributed by atoms with E-state index >= 15 is 0 Å². The molecule has 1 aliphatic rings. The Labute approximate surface area is 187 Å². The molecule has 3 aromatic carbocycles. The van der Waals surface area contributed by atoms with Crippen molar-refractivity contribution in [3.05, 3.63) is 89.5 Å². The summed E-state index contributed by atoms with van der Waals surface area (Å²) in [5.41, 5.74) is 8.94. The second-order valence-corrected chi connectivity index (χ2v) is 10.5. The van der Waals surface area contributed by atoms with Crippen LogP contribution in [0.4, 0.5) is 0 Å². The minimum absolute atomic E-state index is 0.0565. The van der Waals surface area contributed by atoms with Gasteiger partial charge in [0.25, 0.3) is 0 Å². The average Bonchev–Trinajstić information content (AvgIpc) is 3.27. The monoisotopic (exact) mass is 419 g/mol. The first-order valence-corrected chi connectivity index (χ1v) is 11.8. The summed E-state index contributed by atoms with van der Waals surface area (Å²) in [5.74, 6) is 0.524. The average molecular weight is 420 g/mol. The molecule has 1 aliphatic carbocycles. The third-order valence-corrected chi connectivity index (χ3v) is 8.01. The fourth-order valence-electron chi connectivity index (χ4n) is 5.26. The van der Waals surface area contributed by atoms with Gasteiger partial charge in [0, 0.05) is 25.9 Å². The van der Waals surface area contributed by atoms with Crippen molar-refractivity contribution in [1.29, 1.82) is 0 Å². The maximum atomic E-state index is 5.10. The molecule has 0 atom stereocenters. The van der Waals surface area contributed by atoms with Gasteiger partial charge in [0.15, 0.2) is 0 Å². The summed E-state index contributed by atoms with van der Waals surface area (Å²) >= 11 is 1.92. The van der Waals surface area contributed by atoms with Gasteiger partial charge in [-0.05, 0) is 57.8 Å². The number of thiophene rings is 1. The van der Waals surface area contributed by atoms with Crippen molar-refractivity contribution in [2.75, 3.05) is 0 Å². The number of pyridine rings is 1. The summed E-state index contributed by atoms with van der Waals surface area (Å²) in [6.45, 7) is 9.22. The highest BCUT2D eigenvalue weighted by molar-refractivity contribution is 7.22. The first-order valence-electron chi connectivity index (χ1n) is 11.0. The van der Waals surface area contributed by atoms with Crippen molar-refractivity contribution in [1.82, 2.24) is 4.98 Å². The Bertz CT molecular complexity index is 1490. The molecule has 0 N–H and O–H groups in total. The minimum Gasteiger partial charge on any atom is -0.248 e. The number of hydrogen-bond donors (Lipinski definition) is 0. The molecule has 0 spiro atoms. The normalized spacial score (nSPS) is 14.4. The standard InChI is InChI=1S/C29H25NS/c1-17(2)18-12-14-23-19(16-18)13-15-24(30-23)20-9-7-10-22-26(20)29(3,4)27-21-8-5-6-11-25(21)31-28(22)27/h5-17H,1-4H3. The minimum atomic E-state index is -0.0565. The number of fused-ring (bicyclic) bond motifs is 6.